The van der Waals surface area contributed by atoms with E-state index in [1.54, 1.807) is 25.2 Å². The summed E-state index contributed by atoms with van der Waals surface area (Å²) in [7, 11) is 3.58. The number of nitrogens with one attached hydrogen (secondary N) is 2. The summed E-state index contributed by atoms with van der Waals surface area (Å²) in [5, 5.41) is 4.85. The number of hydrogen-bond acceptors (Lipinski definition) is 4. The molecular formula is C13H22N4O. The van der Waals surface area contributed by atoms with Crippen LogP contribution in [0.25, 0.3) is 0 Å². The number of amides is 1. The lowest BCUT2D eigenvalue weighted by molar-refractivity contribution is 0.0856. The highest BCUT2D eigenvalue weighted by molar-refractivity contribution is 5.94. The van der Waals surface area contributed by atoms with E-state index in [0.717, 1.165) is 30.9 Å². The van der Waals surface area contributed by atoms with E-state index in [9.17, 15) is 4.79 Å². The molecule has 1 aromatic rings. The maximum absolute atomic E-state index is 11.9. The lowest BCUT2D eigenvalue weighted by Gasteiger charge is -2.13. The van der Waals surface area contributed by atoms with Gasteiger partial charge in [-0.1, -0.05) is 13.8 Å². The number of pyridine rings is 1. The molecule has 1 aromatic heterocycles. The van der Waals surface area contributed by atoms with Gasteiger partial charge in [0.1, 0.15) is 5.82 Å². The second-order valence-corrected chi connectivity index (χ2v) is 4.35. The second kappa shape index (κ2) is 6.96. The predicted molar refractivity (Wildman–Crippen MR) is 73.5 cm³/mol. The van der Waals surface area contributed by atoms with Gasteiger partial charge in [-0.25, -0.2) is 9.99 Å². The molecule has 0 unspecified atom stereocenters. The third kappa shape index (κ3) is 4.33. The summed E-state index contributed by atoms with van der Waals surface area (Å²) in [6, 6.07) is 3.61. The highest BCUT2D eigenvalue weighted by Crippen LogP contribution is 2.11. The molecule has 5 nitrogen and oxygen atoms in total. The molecule has 0 saturated carbocycles. The monoisotopic (exact) mass is 250 g/mol. The molecular weight excluding hydrogens is 228 g/mol. The Morgan fingerprint density at radius 2 is 2.06 bits per heavy atom. The van der Waals surface area contributed by atoms with E-state index >= 15 is 0 Å². The summed E-state index contributed by atoms with van der Waals surface area (Å²) in [5.74, 6) is 0.650. The molecule has 0 aromatic carbocycles. The van der Waals surface area contributed by atoms with Crippen molar-refractivity contribution in [2.45, 2.75) is 26.7 Å². The number of carbonyl (C=O) groups excluding carboxylic acids is 1. The first-order chi connectivity index (χ1) is 8.56. The molecule has 0 fully saturated rings. The van der Waals surface area contributed by atoms with Crippen LogP contribution in [0.5, 0.6) is 0 Å². The van der Waals surface area contributed by atoms with Gasteiger partial charge in [0, 0.05) is 31.9 Å². The van der Waals surface area contributed by atoms with Crippen molar-refractivity contribution in [3.8, 4) is 0 Å². The number of anilines is 1. The van der Waals surface area contributed by atoms with Gasteiger partial charge < -0.3 is 5.32 Å². The zero-order valence-corrected chi connectivity index (χ0v) is 11.6. The minimum absolute atomic E-state index is 0.114. The van der Waals surface area contributed by atoms with Gasteiger partial charge in [-0.2, -0.15) is 0 Å². The van der Waals surface area contributed by atoms with Crippen LogP contribution >= 0.6 is 0 Å². The second-order valence-electron chi connectivity index (χ2n) is 4.35. The molecule has 2 N–H and O–H groups in total. The molecule has 0 aliphatic rings. The van der Waals surface area contributed by atoms with Crippen LogP contribution in [0.15, 0.2) is 12.1 Å². The first kappa shape index (κ1) is 14.4. The Morgan fingerprint density at radius 1 is 1.33 bits per heavy atom. The van der Waals surface area contributed by atoms with Crippen molar-refractivity contribution in [1.82, 2.24) is 15.4 Å². The number of carbonyl (C=O) groups is 1. The fourth-order valence-electron chi connectivity index (χ4n) is 1.51. The number of aromatic nitrogens is 1. The average Bonchev–Trinajstić information content (AvgIpc) is 2.35. The van der Waals surface area contributed by atoms with E-state index in [1.165, 1.54) is 0 Å². The first-order valence-electron chi connectivity index (χ1n) is 6.30. The molecule has 18 heavy (non-hydrogen) atoms. The standard InChI is InChI=1S/C13H22N4O/c1-5-7-14-12-9-10(8-11(6-2)15-12)13(18)16-17(3)4/h8-9H,5-7H2,1-4H3,(H,14,15)(H,16,18). The quantitative estimate of drug-likeness (QED) is 0.754. The lowest BCUT2D eigenvalue weighted by atomic mass is 10.2. The third-order valence-corrected chi connectivity index (χ3v) is 2.38. The topological polar surface area (TPSA) is 57.3 Å². The molecule has 0 bridgehead atoms. The van der Waals surface area contributed by atoms with Gasteiger partial charge in [-0.05, 0) is 25.0 Å². The minimum Gasteiger partial charge on any atom is -0.370 e. The van der Waals surface area contributed by atoms with E-state index in [1.807, 2.05) is 13.0 Å². The van der Waals surface area contributed by atoms with Crippen molar-refractivity contribution in [3.63, 3.8) is 0 Å². The molecule has 5 heteroatoms. The fourth-order valence-corrected chi connectivity index (χ4v) is 1.51. The van der Waals surface area contributed by atoms with Crippen LogP contribution in [0, 0.1) is 0 Å². The molecule has 0 atom stereocenters. The summed E-state index contributed by atoms with van der Waals surface area (Å²) in [4.78, 5) is 16.4. The Bertz CT molecular complexity index is 404. The molecule has 1 amide bonds. The normalized spacial score (nSPS) is 10.5. The van der Waals surface area contributed by atoms with Crippen LogP contribution in [-0.4, -0.2) is 36.5 Å². The van der Waals surface area contributed by atoms with Crippen LogP contribution < -0.4 is 10.7 Å². The highest BCUT2D eigenvalue weighted by Gasteiger charge is 2.09. The zero-order chi connectivity index (χ0) is 13.5. The largest absolute Gasteiger partial charge is 0.370 e. The molecule has 1 heterocycles. The number of rotatable bonds is 6. The maximum atomic E-state index is 11.9. The van der Waals surface area contributed by atoms with E-state index < -0.39 is 0 Å². The number of nitrogens with zero attached hydrogens (tertiary/aromatic N) is 2. The van der Waals surface area contributed by atoms with Gasteiger partial charge in [0.05, 0.1) is 0 Å². The molecule has 0 aliphatic carbocycles. The average molecular weight is 250 g/mol. The predicted octanol–water partition coefficient (Wildman–Crippen LogP) is 1.67. The van der Waals surface area contributed by atoms with Crippen LogP contribution in [0.1, 0.15) is 36.3 Å². The Balaban J connectivity index is 2.92. The summed E-state index contributed by atoms with van der Waals surface area (Å²) < 4.78 is 0. The van der Waals surface area contributed by atoms with Crippen LogP contribution in [-0.2, 0) is 6.42 Å². The van der Waals surface area contributed by atoms with Crippen molar-refractivity contribution < 1.29 is 4.79 Å². The smallest absolute Gasteiger partial charge is 0.265 e. The SMILES string of the molecule is CCCNc1cc(C(=O)NN(C)C)cc(CC)n1. The van der Waals surface area contributed by atoms with Gasteiger partial charge in [0.2, 0.25) is 0 Å². The van der Waals surface area contributed by atoms with Crippen molar-refractivity contribution in [2.75, 3.05) is 26.0 Å². The van der Waals surface area contributed by atoms with Gasteiger partial charge in [0.25, 0.3) is 5.91 Å². The Morgan fingerprint density at radius 3 is 2.61 bits per heavy atom. The summed E-state index contributed by atoms with van der Waals surface area (Å²) in [5.41, 5.74) is 4.28. The molecule has 1 rings (SSSR count). The van der Waals surface area contributed by atoms with E-state index in [4.69, 9.17) is 0 Å². The zero-order valence-electron chi connectivity index (χ0n) is 11.6. The highest BCUT2D eigenvalue weighted by atomic mass is 16.2. The molecule has 0 spiro atoms. The maximum Gasteiger partial charge on any atom is 0.265 e. The third-order valence-electron chi connectivity index (χ3n) is 2.38. The molecule has 0 saturated heterocycles. The molecule has 0 aliphatic heterocycles. The van der Waals surface area contributed by atoms with Crippen LogP contribution in [0.3, 0.4) is 0 Å². The van der Waals surface area contributed by atoms with Crippen LogP contribution in [0.2, 0.25) is 0 Å². The number of hydrazine groups is 1. The van der Waals surface area contributed by atoms with Gasteiger partial charge in [0.15, 0.2) is 0 Å². The van der Waals surface area contributed by atoms with Crippen molar-refractivity contribution in [1.29, 1.82) is 0 Å². The number of hydrogen-bond donors (Lipinski definition) is 2. The fraction of sp³-hybridized carbons (Fsp3) is 0.538. The Kier molecular flexibility index (Phi) is 5.58. The van der Waals surface area contributed by atoms with E-state index in [2.05, 4.69) is 22.7 Å². The minimum atomic E-state index is -0.114. The van der Waals surface area contributed by atoms with Crippen molar-refractivity contribution in [2.24, 2.45) is 0 Å². The summed E-state index contributed by atoms with van der Waals surface area (Å²) in [6.45, 7) is 4.98. The molecule has 100 valence electrons. The van der Waals surface area contributed by atoms with Crippen molar-refractivity contribution in [3.05, 3.63) is 23.4 Å². The van der Waals surface area contributed by atoms with Gasteiger partial charge in [-0.15, -0.1) is 0 Å². The Labute approximate surface area is 109 Å². The lowest BCUT2D eigenvalue weighted by Crippen LogP contribution is -2.36. The number of aryl methyl sites for hydroxylation is 1. The first-order valence-corrected chi connectivity index (χ1v) is 6.30. The van der Waals surface area contributed by atoms with Crippen molar-refractivity contribution >= 4 is 11.7 Å². The van der Waals surface area contributed by atoms with Gasteiger partial charge >= 0.3 is 0 Å². The molecule has 0 radical (unpaired) electrons. The summed E-state index contributed by atoms with van der Waals surface area (Å²) in [6.07, 6.45) is 1.83. The van der Waals surface area contributed by atoms with E-state index in [-0.39, 0.29) is 5.91 Å². The summed E-state index contributed by atoms with van der Waals surface area (Å²) >= 11 is 0. The van der Waals surface area contributed by atoms with E-state index in [0.29, 0.717) is 5.56 Å². The van der Waals surface area contributed by atoms with Crippen LogP contribution in [0.4, 0.5) is 5.82 Å². The Hall–Kier alpha value is -1.62. The van der Waals surface area contributed by atoms with Gasteiger partial charge in [-0.3, -0.25) is 10.2 Å².